The predicted molar refractivity (Wildman–Crippen MR) is 128 cm³/mol. The van der Waals surface area contributed by atoms with Crippen molar-refractivity contribution >= 4 is 28.4 Å². The van der Waals surface area contributed by atoms with Crippen molar-refractivity contribution in [2.45, 2.75) is 25.0 Å². The summed E-state index contributed by atoms with van der Waals surface area (Å²) in [6.07, 6.45) is 0.999. The molecule has 1 aromatic heterocycles. The van der Waals surface area contributed by atoms with Gasteiger partial charge in [-0.15, -0.1) is 0 Å². The Morgan fingerprint density at radius 3 is 2.28 bits per heavy atom. The van der Waals surface area contributed by atoms with Crippen molar-refractivity contribution in [1.29, 1.82) is 0 Å². The summed E-state index contributed by atoms with van der Waals surface area (Å²) in [7, 11) is 0. The first-order valence-electron chi connectivity index (χ1n) is 10.9. The van der Waals surface area contributed by atoms with Crippen LogP contribution in [0.1, 0.15) is 34.5 Å². The maximum atomic E-state index is 13.6. The molecule has 5 rings (SSSR count). The van der Waals surface area contributed by atoms with Gasteiger partial charge in [0.05, 0.1) is 5.60 Å². The van der Waals surface area contributed by atoms with Crippen LogP contribution in [-0.4, -0.2) is 33.6 Å². The molecule has 1 fully saturated rings. The summed E-state index contributed by atoms with van der Waals surface area (Å²) in [5.74, 6) is 0.00953. The summed E-state index contributed by atoms with van der Waals surface area (Å²) in [5, 5.41) is 12.9. The van der Waals surface area contributed by atoms with E-state index in [2.05, 4.69) is 22.8 Å². The Morgan fingerprint density at radius 1 is 0.906 bits per heavy atom. The maximum Gasteiger partial charge on any atom is 0.270 e. The minimum absolute atomic E-state index is 0.00953. The zero-order chi connectivity index (χ0) is 22.1. The molecule has 32 heavy (non-hydrogen) atoms. The number of piperidine rings is 1. The first-order valence-corrected chi connectivity index (χ1v) is 11.3. The van der Waals surface area contributed by atoms with E-state index in [-0.39, 0.29) is 5.91 Å². The average molecular weight is 445 g/mol. The molecule has 0 atom stereocenters. The molecule has 0 saturated carbocycles. The summed E-state index contributed by atoms with van der Waals surface area (Å²) in [5.41, 5.74) is 2.81. The molecule has 0 spiro atoms. The largest absolute Gasteiger partial charge is 0.385 e. The van der Waals surface area contributed by atoms with Crippen LogP contribution in [-0.2, 0) is 12.1 Å². The van der Waals surface area contributed by atoms with Crippen molar-refractivity contribution in [2.24, 2.45) is 0 Å². The molecule has 3 aromatic carbocycles. The number of halogens is 1. The highest BCUT2D eigenvalue weighted by molar-refractivity contribution is 6.30. The minimum atomic E-state index is -0.932. The number of hydrogen-bond donors (Lipinski definition) is 1. The molecular weight excluding hydrogens is 420 g/mol. The molecule has 4 aromatic rings. The zero-order valence-electron chi connectivity index (χ0n) is 17.7. The number of carbonyl (C=O) groups is 1. The molecule has 1 amide bonds. The number of aliphatic hydroxyl groups is 1. The van der Waals surface area contributed by atoms with Gasteiger partial charge in [-0.25, -0.2) is 0 Å². The Hall–Kier alpha value is -3.08. The van der Waals surface area contributed by atoms with Gasteiger partial charge in [0, 0.05) is 35.6 Å². The van der Waals surface area contributed by atoms with E-state index in [1.54, 1.807) is 12.1 Å². The van der Waals surface area contributed by atoms with Gasteiger partial charge < -0.3 is 14.6 Å². The quantitative estimate of drug-likeness (QED) is 0.454. The second kappa shape index (κ2) is 8.45. The monoisotopic (exact) mass is 444 g/mol. The van der Waals surface area contributed by atoms with E-state index < -0.39 is 5.60 Å². The lowest BCUT2D eigenvalue weighted by Gasteiger charge is -2.38. The predicted octanol–water partition coefficient (Wildman–Crippen LogP) is 5.47. The lowest BCUT2D eigenvalue weighted by Crippen LogP contribution is -2.45. The molecule has 1 saturated heterocycles. The molecule has 4 nitrogen and oxygen atoms in total. The van der Waals surface area contributed by atoms with E-state index in [1.807, 2.05) is 59.5 Å². The van der Waals surface area contributed by atoms with Gasteiger partial charge in [0.15, 0.2) is 0 Å². The Bertz CT molecular complexity index is 1240. The summed E-state index contributed by atoms with van der Waals surface area (Å²) in [6, 6.07) is 27.6. The first kappa shape index (κ1) is 20.8. The number of rotatable bonds is 4. The van der Waals surface area contributed by atoms with Crippen LogP contribution >= 0.6 is 11.6 Å². The Balaban J connectivity index is 1.41. The normalized spacial score (nSPS) is 15.8. The van der Waals surface area contributed by atoms with Crippen molar-refractivity contribution in [3.63, 3.8) is 0 Å². The molecule has 0 radical (unpaired) electrons. The number of hydrogen-bond acceptors (Lipinski definition) is 2. The van der Waals surface area contributed by atoms with Crippen molar-refractivity contribution in [3.05, 3.63) is 107 Å². The maximum absolute atomic E-state index is 13.6. The molecule has 162 valence electrons. The molecule has 1 N–H and O–H groups in total. The molecule has 1 aliphatic heterocycles. The van der Waals surface area contributed by atoms with Gasteiger partial charge in [-0.2, -0.15) is 0 Å². The van der Waals surface area contributed by atoms with Gasteiger partial charge in [-0.3, -0.25) is 4.79 Å². The molecular formula is C27H25ClN2O2. The van der Waals surface area contributed by atoms with Crippen molar-refractivity contribution in [3.8, 4) is 0 Å². The highest BCUT2D eigenvalue weighted by atomic mass is 35.5. The van der Waals surface area contributed by atoms with Gasteiger partial charge in [0.1, 0.15) is 5.69 Å². The third-order valence-corrected chi connectivity index (χ3v) is 6.72. The van der Waals surface area contributed by atoms with Crippen LogP contribution in [0.5, 0.6) is 0 Å². The van der Waals surface area contributed by atoms with Crippen LogP contribution in [0, 0.1) is 0 Å². The number of nitrogens with zero attached hydrogens (tertiary/aromatic N) is 2. The van der Waals surface area contributed by atoms with E-state index >= 15 is 0 Å². The highest BCUT2D eigenvalue weighted by Crippen LogP contribution is 2.34. The van der Waals surface area contributed by atoms with Gasteiger partial charge in [0.25, 0.3) is 5.91 Å². The van der Waals surface area contributed by atoms with Crippen LogP contribution in [0.4, 0.5) is 0 Å². The second-order valence-corrected chi connectivity index (χ2v) is 8.93. The SMILES string of the molecule is O=C(c1cc2ccccc2n1Cc1ccccc1)N1CCC(O)(c2ccc(Cl)cc2)CC1. The van der Waals surface area contributed by atoms with E-state index in [0.29, 0.717) is 43.2 Å². The number of likely N-dealkylation sites (tertiary alicyclic amines) is 1. The third kappa shape index (κ3) is 3.92. The summed E-state index contributed by atoms with van der Waals surface area (Å²) in [6.45, 7) is 1.65. The van der Waals surface area contributed by atoms with Gasteiger partial charge >= 0.3 is 0 Å². The minimum Gasteiger partial charge on any atom is -0.385 e. The molecule has 0 bridgehead atoms. The van der Waals surface area contributed by atoms with Crippen LogP contribution in [0.15, 0.2) is 84.9 Å². The number of carbonyl (C=O) groups excluding carboxylic acids is 1. The summed E-state index contributed by atoms with van der Waals surface area (Å²) < 4.78 is 2.10. The van der Waals surface area contributed by atoms with Crippen molar-refractivity contribution < 1.29 is 9.90 Å². The number of amides is 1. The van der Waals surface area contributed by atoms with Crippen molar-refractivity contribution in [2.75, 3.05) is 13.1 Å². The molecule has 0 aliphatic carbocycles. The zero-order valence-corrected chi connectivity index (χ0v) is 18.5. The molecule has 1 aliphatic rings. The van der Waals surface area contributed by atoms with Gasteiger partial charge in [-0.1, -0.05) is 72.3 Å². The van der Waals surface area contributed by atoms with Crippen LogP contribution in [0.3, 0.4) is 0 Å². The smallest absolute Gasteiger partial charge is 0.270 e. The van der Waals surface area contributed by atoms with E-state index in [1.165, 1.54) is 0 Å². The van der Waals surface area contributed by atoms with Gasteiger partial charge in [0.2, 0.25) is 0 Å². The molecule has 5 heteroatoms. The summed E-state index contributed by atoms with van der Waals surface area (Å²) in [4.78, 5) is 15.4. The van der Waals surface area contributed by atoms with Crippen LogP contribution in [0.25, 0.3) is 10.9 Å². The Morgan fingerprint density at radius 2 is 1.56 bits per heavy atom. The number of benzene rings is 3. The standard InChI is InChI=1S/C27H25ClN2O2/c28-23-12-10-22(11-13-23)27(32)14-16-29(17-15-27)26(31)25-18-21-8-4-5-9-24(21)30(25)19-20-6-2-1-3-7-20/h1-13,18,32H,14-17,19H2. The highest BCUT2D eigenvalue weighted by Gasteiger charge is 2.36. The summed E-state index contributed by atoms with van der Waals surface area (Å²) >= 11 is 6.00. The number of fused-ring (bicyclic) bond motifs is 1. The van der Waals surface area contributed by atoms with E-state index in [4.69, 9.17) is 11.6 Å². The van der Waals surface area contributed by atoms with Crippen molar-refractivity contribution in [1.82, 2.24) is 9.47 Å². The van der Waals surface area contributed by atoms with Crippen LogP contribution in [0.2, 0.25) is 5.02 Å². The van der Waals surface area contributed by atoms with Gasteiger partial charge in [-0.05, 0) is 48.2 Å². The topological polar surface area (TPSA) is 45.5 Å². The lowest BCUT2D eigenvalue weighted by molar-refractivity contribution is -0.0213. The lowest BCUT2D eigenvalue weighted by atomic mass is 9.84. The molecule has 0 unspecified atom stereocenters. The Labute approximate surface area is 192 Å². The number of para-hydroxylation sites is 1. The first-order chi connectivity index (χ1) is 15.5. The third-order valence-electron chi connectivity index (χ3n) is 6.47. The van der Waals surface area contributed by atoms with E-state index in [0.717, 1.165) is 22.0 Å². The fraction of sp³-hybridized carbons (Fsp3) is 0.222. The second-order valence-electron chi connectivity index (χ2n) is 8.49. The fourth-order valence-electron chi connectivity index (χ4n) is 4.61. The Kier molecular flexibility index (Phi) is 5.50. The molecule has 2 heterocycles. The fourth-order valence-corrected chi connectivity index (χ4v) is 4.74. The van der Waals surface area contributed by atoms with E-state index in [9.17, 15) is 9.90 Å². The number of aromatic nitrogens is 1. The van der Waals surface area contributed by atoms with Crippen LogP contribution < -0.4 is 0 Å². The average Bonchev–Trinajstić information content (AvgIpc) is 3.18.